The van der Waals surface area contributed by atoms with Crippen LogP contribution >= 0.6 is 24.0 Å². The molecule has 0 spiro atoms. The fourth-order valence-corrected chi connectivity index (χ4v) is 2.38. The molecule has 0 heterocycles. The molecule has 6 heteroatoms. The molecule has 2 rings (SSSR count). The van der Waals surface area contributed by atoms with Crippen LogP contribution in [-0.4, -0.2) is 18.0 Å². The molecule has 19 heavy (non-hydrogen) atoms. The van der Waals surface area contributed by atoms with E-state index in [4.69, 9.17) is 17.3 Å². The number of amides is 1. The summed E-state index contributed by atoms with van der Waals surface area (Å²) >= 11 is 5.65. The summed E-state index contributed by atoms with van der Waals surface area (Å²) in [6.07, 6.45) is 3.47. The second-order valence-electron chi connectivity index (χ2n) is 4.69. The second kappa shape index (κ2) is 7.08. The highest BCUT2D eigenvalue weighted by Gasteiger charge is 2.22. The van der Waals surface area contributed by atoms with E-state index >= 15 is 0 Å². The van der Waals surface area contributed by atoms with E-state index in [0.29, 0.717) is 0 Å². The molecule has 106 valence electrons. The topological polar surface area (TPSA) is 55.1 Å². The van der Waals surface area contributed by atoms with Gasteiger partial charge in [-0.2, -0.15) is 0 Å². The zero-order chi connectivity index (χ0) is 13.1. The first-order valence-corrected chi connectivity index (χ1v) is 6.46. The average Bonchev–Trinajstić information content (AvgIpc) is 2.35. The van der Waals surface area contributed by atoms with Crippen molar-refractivity contribution in [3.8, 4) is 0 Å². The molecule has 0 aromatic heterocycles. The number of benzene rings is 1. The Kier molecular flexibility index (Phi) is 6.04. The molecule has 1 aromatic rings. The highest BCUT2D eigenvalue weighted by Crippen LogP contribution is 2.20. The molecule has 1 aliphatic rings. The van der Waals surface area contributed by atoms with E-state index < -0.39 is 11.7 Å². The Hall–Kier alpha value is -0.840. The summed E-state index contributed by atoms with van der Waals surface area (Å²) in [7, 11) is 0. The van der Waals surface area contributed by atoms with E-state index in [1.54, 1.807) is 6.07 Å². The third kappa shape index (κ3) is 4.06. The van der Waals surface area contributed by atoms with E-state index in [1.165, 1.54) is 12.1 Å². The molecule has 0 radical (unpaired) electrons. The van der Waals surface area contributed by atoms with Crippen molar-refractivity contribution in [3.05, 3.63) is 34.6 Å². The lowest BCUT2D eigenvalue weighted by Gasteiger charge is -2.26. The average molecular weight is 307 g/mol. The summed E-state index contributed by atoms with van der Waals surface area (Å²) in [5.41, 5.74) is 5.79. The van der Waals surface area contributed by atoms with E-state index in [1.807, 2.05) is 0 Å². The molecule has 1 aliphatic carbocycles. The van der Waals surface area contributed by atoms with Crippen LogP contribution in [0.2, 0.25) is 5.02 Å². The van der Waals surface area contributed by atoms with Crippen LogP contribution in [0.5, 0.6) is 0 Å². The number of hydrogen-bond donors (Lipinski definition) is 2. The zero-order valence-corrected chi connectivity index (χ0v) is 11.9. The first-order chi connectivity index (χ1) is 8.58. The van der Waals surface area contributed by atoms with Crippen LogP contribution in [0, 0.1) is 5.82 Å². The lowest BCUT2D eigenvalue weighted by molar-refractivity contribution is 0.0922. The minimum Gasteiger partial charge on any atom is -0.349 e. The Balaban J connectivity index is 0.00000180. The monoisotopic (exact) mass is 306 g/mol. The number of hydrogen-bond acceptors (Lipinski definition) is 2. The summed E-state index contributed by atoms with van der Waals surface area (Å²) in [5, 5.41) is 2.80. The van der Waals surface area contributed by atoms with E-state index in [9.17, 15) is 9.18 Å². The van der Waals surface area contributed by atoms with Gasteiger partial charge in [-0.3, -0.25) is 4.79 Å². The standard InChI is InChI=1S/C13H16ClFN2O.ClH/c14-11-3-1-2-10(12(11)15)13(18)17-9-6-4-8(16)5-7-9;/h1-3,8-9H,4-7,16H2,(H,17,18);1H. The van der Waals surface area contributed by atoms with Gasteiger partial charge in [0, 0.05) is 12.1 Å². The first kappa shape index (κ1) is 16.2. The third-order valence-electron chi connectivity index (χ3n) is 3.30. The van der Waals surface area contributed by atoms with Crippen molar-refractivity contribution in [1.82, 2.24) is 5.32 Å². The Morgan fingerprint density at radius 1 is 1.32 bits per heavy atom. The SMILES string of the molecule is Cl.NC1CCC(NC(=O)c2cccc(Cl)c2F)CC1. The van der Waals surface area contributed by atoms with Crippen LogP contribution in [0.1, 0.15) is 36.0 Å². The van der Waals surface area contributed by atoms with Crippen molar-refractivity contribution in [2.75, 3.05) is 0 Å². The van der Waals surface area contributed by atoms with Crippen LogP contribution in [0.25, 0.3) is 0 Å². The molecule has 0 bridgehead atoms. The summed E-state index contributed by atoms with van der Waals surface area (Å²) in [6.45, 7) is 0. The van der Waals surface area contributed by atoms with Crippen LogP contribution in [0.4, 0.5) is 4.39 Å². The second-order valence-corrected chi connectivity index (χ2v) is 5.09. The van der Waals surface area contributed by atoms with Gasteiger partial charge >= 0.3 is 0 Å². The van der Waals surface area contributed by atoms with Gasteiger partial charge in [-0.1, -0.05) is 17.7 Å². The lowest BCUT2D eigenvalue weighted by Crippen LogP contribution is -2.40. The molecule has 0 aliphatic heterocycles. The van der Waals surface area contributed by atoms with Gasteiger partial charge < -0.3 is 11.1 Å². The Labute approximate surface area is 123 Å². The van der Waals surface area contributed by atoms with E-state index in [0.717, 1.165) is 25.7 Å². The number of carbonyl (C=O) groups is 1. The minimum atomic E-state index is -0.663. The zero-order valence-electron chi connectivity index (χ0n) is 10.4. The summed E-state index contributed by atoms with van der Waals surface area (Å²) in [6, 6.07) is 4.73. The maximum absolute atomic E-state index is 13.7. The van der Waals surface area contributed by atoms with Crippen LogP contribution < -0.4 is 11.1 Å². The molecule has 3 nitrogen and oxygen atoms in total. The quantitative estimate of drug-likeness (QED) is 0.882. The largest absolute Gasteiger partial charge is 0.349 e. The van der Waals surface area contributed by atoms with Gasteiger partial charge in [0.2, 0.25) is 0 Å². The number of halogens is 3. The predicted octanol–water partition coefficient (Wildman–Crippen LogP) is 2.90. The molecule has 1 saturated carbocycles. The lowest BCUT2D eigenvalue weighted by atomic mass is 9.91. The van der Waals surface area contributed by atoms with Gasteiger partial charge in [0.15, 0.2) is 5.82 Å². The fourth-order valence-electron chi connectivity index (χ4n) is 2.21. The molecule has 0 atom stereocenters. The molecule has 1 fully saturated rings. The summed E-state index contributed by atoms with van der Waals surface area (Å²) in [5.74, 6) is -1.07. The van der Waals surface area contributed by atoms with Crippen LogP contribution in [0.3, 0.4) is 0 Å². The smallest absolute Gasteiger partial charge is 0.254 e. The van der Waals surface area contributed by atoms with Gasteiger partial charge in [0.05, 0.1) is 10.6 Å². The van der Waals surface area contributed by atoms with E-state index in [2.05, 4.69) is 5.32 Å². The predicted molar refractivity (Wildman–Crippen MR) is 76.4 cm³/mol. The van der Waals surface area contributed by atoms with Crippen LogP contribution in [-0.2, 0) is 0 Å². The Morgan fingerprint density at radius 2 is 1.95 bits per heavy atom. The van der Waals surface area contributed by atoms with Gasteiger partial charge in [-0.25, -0.2) is 4.39 Å². The van der Waals surface area contributed by atoms with E-state index in [-0.39, 0.29) is 35.1 Å². The number of nitrogens with one attached hydrogen (secondary N) is 1. The van der Waals surface area contributed by atoms with Crippen molar-refractivity contribution < 1.29 is 9.18 Å². The Morgan fingerprint density at radius 3 is 2.58 bits per heavy atom. The van der Waals surface area contributed by atoms with Gasteiger partial charge in [0.25, 0.3) is 5.91 Å². The first-order valence-electron chi connectivity index (χ1n) is 6.08. The molecule has 1 aromatic carbocycles. The number of nitrogens with two attached hydrogens (primary N) is 1. The molecular weight excluding hydrogens is 290 g/mol. The fraction of sp³-hybridized carbons (Fsp3) is 0.462. The van der Waals surface area contributed by atoms with Gasteiger partial charge in [-0.05, 0) is 37.8 Å². The van der Waals surface area contributed by atoms with Gasteiger partial charge in [0.1, 0.15) is 0 Å². The highest BCUT2D eigenvalue weighted by atomic mass is 35.5. The molecule has 0 unspecified atom stereocenters. The third-order valence-corrected chi connectivity index (χ3v) is 3.60. The van der Waals surface area contributed by atoms with Crippen molar-refractivity contribution in [2.24, 2.45) is 5.73 Å². The van der Waals surface area contributed by atoms with Crippen molar-refractivity contribution >= 4 is 29.9 Å². The van der Waals surface area contributed by atoms with Crippen LogP contribution in [0.15, 0.2) is 18.2 Å². The number of carbonyl (C=O) groups excluding carboxylic acids is 1. The maximum atomic E-state index is 13.7. The maximum Gasteiger partial charge on any atom is 0.254 e. The molecule has 0 saturated heterocycles. The minimum absolute atomic E-state index is 0. The highest BCUT2D eigenvalue weighted by molar-refractivity contribution is 6.31. The molecule has 3 N–H and O–H groups in total. The normalized spacial score (nSPS) is 22.5. The van der Waals surface area contributed by atoms with Crippen molar-refractivity contribution in [2.45, 2.75) is 37.8 Å². The summed E-state index contributed by atoms with van der Waals surface area (Å²) in [4.78, 5) is 11.9. The number of rotatable bonds is 2. The van der Waals surface area contributed by atoms with Gasteiger partial charge in [-0.15, -0.1) is 12.4 Å². The Bertz CT molecular complexity index is 448. The van der Waals surface area contributed by atoms with Crippen molar-refractivity contribution in [3.63, 3.8) is 0 Å². The summed E-state index contributed by atoms with van der Waals surface area (Å²) < 4.78 is 13.7. The molecule has 1 amide bonds. The molecular formula is C13H17Cl2FN2O. The van der Waals surface area contributed by atoms with Crippen molar-refractivity contribution in [1.29, 1.82) is 0 Å².